The molecule has 0 aliphatic carbocycles. The summed E-state index contributed by atoms with van der Waals surface area (Å²) in [6.45, 7) is 1.61. The number of anilines is 1. The predicted molar refractivity (Wildman–Crippen MR) is 76.8 cm³/mol. The number of amides is 1. The fourth-order valence-corrected chi connectivity index (χ4v) is 2.41. The summed E-state index contributed by atoms with van der Waals surface area (Å²) in [4.78, 5) is 30.6. The van der Waals surface area contributed by atoms with Gasteiger partial charge in [0.25, 0.3) is 5.91 Å². The molecule has 3 rings (SSSR count). The maximum atomic E-state index is 12.1. The van der Waals surface area contributed by atoms with Gasteiger partial charge in [-0.05, 0) is 18.9 Å². The lowest BCUT2D eigenvalue weighted by Crippen LogP contribution is -2.48. The lowest BCUT2D eigenvalue weighted by atomic mass is 10.1. The lowest BCUT2D eigenvalue weighted by Gasteiger charge is -2.32. The monoisotopic (exact) mass is 284 g/mol. The Balaban J connectivity index is 1.63. The van der Waals surface area contributed by atoms with Crippen molar-refractivity contribution < 1.29 is 4.79 Å². The van der Waals surface area contributed by atoms with E-state index in [2.05, 4.69) is 30.2 Å². The molecule has 108 valence electrons. The van der Waals surface area contributed by atoms with Gasteiger partial charge >= 0.3 is 0 Å². The van der Waals surface area contributed by atoms with E-state index in [-0.39, 0.29) is 11.9 Å². The van der Waals surface area contributed by atoms with Crippen LogP contribution < -0.4 is 10.2 Å². The van der Waals surface area contributed by atoms with Gasteiger partial charge in [0.1, 0.15) is 5.69 Å². The molecule has 1 aliphatic heterocycles. The van der Waals surface area contributed by atoms with Crippen LogP contribution in [-0.2, 0) is 0 Å². The van der Waals surface area contributed by atoms with Crippen LogP contribution in [0.2, 0.25) is 0 Å². The third-order valence-electron chi connectivity index (χ3n) is 3.39. The molecule has 1 saturated heterocycles. The van der Waals surface area contributed by atoms with Gasteiger partial charge in [-0.3, -0.25) is 9.78 Å². The number of nitrogens with one attached hydrogen (secondary N) is 1. The van der Waals surface area contributed by atoms with Crippen molar-refractivity contribution in [1.82, 2.24) is 25.3 Å². The second kappa shape index (κ2) is 6.25. The summed E-state index contributed by atoms with van der Waals surface area (Å²) in [6.07, 6.45) is 9.91. The number of carbonyl (C=O) groups is 1. The minimum Gasteiger partial charge on any atom is -0.346 e. The second-order valence-corrected chi connectivity index (χ2v) is 4.90. The van der Waals surface area contributed by atoms with Crippen molar-refractivity contribution in [2.45, 2.75) is 18.9 Å². The molecular formula is C14H16N6O. The summed E-state index contributed by atoms with van der Waals surface area (Å²) in [6, 6.07) is 1.86. The molecule has 0 spiro atoms. The summed E-state index contributed by atoms with van der Waals surface area (Å²) < 4.78 is 0. The first kappa shape index (κ1) is 13.4. The predicted octanol–water partition coefficient (Wildman–Crippen LogP) is 0.665. The largest absolute Gasteiger partial charge is 0.346 e. The smallest absolute Gasteiger partial charge is 0.271 e. The normalized spacial score (nSPS) is 18.3. The molecule has 2 aromatic heterocycles. The Kier molecular flexibility index (Phi) is 3.99. The zero-order valence-electron chi connectivity index (χ0n) is 11.5. The minimum absolute atomic E-state index is 0.0667. The number of carbonyl (C=O) groups excluding carboxylic acids is 1. The molecule has 7 heteroatoms. The molecule has 2 aromatic rings. The Bertz CT molecular complexity index is 591. The third kappa shape index (κ3) is 3.31. The van der Waals surface area contributed by atoms with Crippen molar-refractivity contribution >= 4 is 11.9 Å². The van der Waals surface area contributed by atoms with E-state index in [9.17, 15) is 4.79 Å². The number of hydrogen-bond acceptors (Lipinski definition) is 6. The minimum atomic E-state index is -0.191. The molecule has 21 heavy (non-hydrogen) atoms. The van der Waals surface area contributed by atoms with Gasteiger partial charge < -0.3 is 10.2 Å². The highest BCUT2D eigenvalue weighted by Gasteiger charge is 2.23. The van der Waals surface area contributed by atoms with E-state index in [0.717, 1.165) is 19.4 Å². The highest BCUT2D eigenvalue weighted by atomic mass is 16.2. The topological polar surface area (TPSA) is 83.9 Å². The zero-order valence-corrected chi connectivity index (χ0v) is 11.5. The molecule has 1 N–H and O–H groups in total. The van der Waals surface area contributed by atoms with Crippen LogP contribution in [0.3, 0.4) is 0 Å². The Labute approximate surface area is 122 Å². The maximum absolute atomic E-state index is 12.1. The number of aromatic nitrogens is 4. The molecule has 1 atom stereocenters. The number of hydrogen-bond donors (Lipinski definition) is 1. The Morgan fingerprint density at radius 1 is 1.19 bits per heavy atom. The van der Waals surface area contributed by atoms with Gasteiger partial charge in [0.05, 0.1) is 6.20 Å². The summed E-state index contributed by atoms with van der Waals surface area (Å²) in [5, 5.41) is 3.00. The first-order chi connectivity index (χ1) is 10.3. The number of rotatable bonds is 3. The summed E-state index contributed by atoms with van der Waals surface area (Å²) >= 11 is 0. The van der Waals surface area contributed by atoms with Gasteiger partial charge in [-0.1, -0.05) is 0 Å². The molecule has 1 amide bonds. The standard InChI is InChI=1S/C14H16N6O/c21-13(12-9-15-6-7-16-12)19-11-3-1-8-20(10-11)14-17-4-2-5-18-14/h2,4-7,9,11H,1,3,8,10H2,(H,19,21)/t11-/m0/s1. The van der Waals surface area contributed by atoms with Crippen LogP contribution in [0.4, 0.5) is 5.95 Å². The molecule has 0 bridgehead atoms. The Morgan fingerprint density at radius 3 is 2.81 bits per heavy atom. The highest BCUT2D eigenvalue weighted by molar-refractivity contribution is 5.92. The van der Waals surface area contributed by atoms with Crippen LogP contribution in [0.15, 0.2) is 37.1 Å². The molecule has 0 aromatic carbocycles. The van der Waals surface area contributed by atoms with E-state index in [1.807, 2.05) is 0 Å². The molecule has 0 saturated carbocycles. The van der Waals surface area contributed by atoms with E-state index in [1.54, 1.807) is 24.7 Å². The van der Waals surface area contributed by atoms with Crippen LogP contribution >= 0.6 is 0 Å². The summed E-state index contributed by atoms with van der Waals surface area (Å²) in [7, 11) is 0. The van der Waals surface area contributed by atoms with Crippen molar-refractivity contribution in [2.75, 3.05) is 18.0 Å². The molecule has 3 heterocycles. The molecule has 1 aliphatic rings. The zero-order chi connectivity index (χ0) is 14.5. The number of piperidine rings is 1. The van der Waals surface area contributed by atoms with E-state index in [0.29, 0.717) is 18.2 Å². The average molecular weight is 284 g/mol. The molecule has 0 radical (unpaired) electrons. The van der Waals surface area contributed by atoms with Crippen molar-refractivity contribution in [3.63, 3.8) is 0 Å². The maximum Gasteiger partial charge on any atom is 0.271 e. The van der Waals surface area contributed by atoms with Crippen LogP contribution in [0.25, 0.3) is 0 Å². The van der Waals surface area contributed by atoms with E-state index >= 15 is 0 Å². The van der Waals surface area contributed by atoms with Crippen LogP contribution in [-0.4, -0.2) is 45.0 Å². The van der Waals surface area contributed by atoms with Gasteiger partial charge in [-0.15, -0.1) is 0 Å². The number of nitrogens with zero attached hydrogens (tertiary/aromatic N) is 5. The van der Waals surface area contributed by atoms with E-state index in [4.69, 9.17) is 0 Å². The third-order valence-corrected chi connectivity index (χ3v) is 3.39. The van der Waals surface area contributed by atoms with Gasteiger partial charge in [0.2, 0.25) is 5.95 Å². The molecule has 0 unspecified atom stereocenters. The van der Waals surface area contributed by atoms with Crippen molar-refractivity contribution in [2.24, 2.45) is 0 Å². The fourth-order valence-electron chi connectivity index (χ4n) is 2.41. The van der Waals surface area contributed by atoms with E-state index in [1.165, 1.54) is 12.4 Å². The fraction of sp³-hybridized carbons (Fsp3) is 0.357. The average Bonchev–Trinajstić information content (AvgIpc) is 2.57. The summed E-state index contributed by atoms with van der Waals surface area (Å²) in [5.74, 6) is 0.514. The Hall–Kier alpha value is -2.57. The van der Waals surface area contributed by atoms with Gasteiger partial charge in [0.15, 0.2) is 0 Å². The van der Waals surface area contributed by atoms with Crippen molar-refractivity contribution in [3.8, 4) is 0 Å². The van der Waals surface area contributed by atoms with Crippen LogP contribution in [0, 0.1) is 0 Å². The first-order valence-corrected chi connectivity index (χ1v) is 6.92. The molecular weight excluding hydrogens is 268 g/mol. The second-order valence-electron chi connectivity index (χ2n) is 4.90. The van der Waals surface area contributed by atoms with E-state index < -0.39 is 0 Å². The lowest BCUT2D eigenvalue weighted by molar-refractivity contribution is 0.0927. The highest BCUT2D eigenvalue weighted by Crippen LogP contribution is 2.15. The van der Waals surface area contributed by atoms with Gasteiger partial charge in [0, 0.05) is 43.9 Å². The molecule has 7 nitrogen and oxygen atoms in total. The molecule has 1 fully saturated rings. The van der Waals surface area contributed by atoms with Gasteiger partial charge in [-0.25, -0.2) is 15.0 Å². The quantitative estimate of drug-likeness (QED) is 0.891. The van der Waals surface area contributed by atoms with Crippen LogP contribution in [0.1, 0.15) is 23.3 Å². The van der Waals surface area contributed by atoms with Crippen molar-refractivity contribution in [1.29, 1.82) is 0 Å². The van der Waals surface area contributed by atoms with Crippen LogP contribution in [0.5, 0.6) is 0 Å². The van der Waals surface area contributed by atoms with Gasteiger partial charge in [-0.2, -0.15) is 0 Å². The Morgan fingerprint density at radius 2 is 2.05 bits per heavy atom. The summed E-state index contributed by atoms with van der Waals surface area (Å²) in [5.41, 5.74) is 0.339. The SMILES string of the molecule is O=C(N[C@H]1CCCN(c2ncccn2)C1)c1cnccn1. The van der Waals surface area contributed by atoms with Crippen molar-refractivity contribution in [3.05, 3.63) is 42.7 Å². The first-order valence-electron chi connectivity index (χ1n) is 6.92.